The summed E-state index contributed by atoms with van der Waals surface area (Å²) < 4.78 is 68.2. The molecule has 0 spiro atoms. The molecule has 0 aliphatic carbocycles. The topological polar surface area (TPSA) is 237 Å². The van der Waals surface area contributed by atoms with Gasteiger partial charge in [-0.1, -0.05) is 280 Å². The number of aliphatic hydroxyl groups is 1. The van der Waals surface area contributed by atoms with Crippen LogP contribution in [0.4, 0.5) is 0 Å². The highest BCUT2D eigenvalue weighted by atomic mass is 31.2. The number of rotatable bonds is 65. The Morgan fingerprint density at radius 1 is 0.322 bits per heavy atom. The average molecular weight is 1280 g/mol. The first-order valence-corrected chi connectivity index (χ1v) is 38.3. The Kier molecular flexibility index (Phi) is 56.6. The number of hydrogen-bond acceptors (Lipinski definition) is 15. The molecule has 0 amide bonds. The van der Waals surface area contributed by atoms with Gasteiger partial charge in [-0.3, -0.25) is 37.3 Å². The molecule has 0 aliphatic heterocycles. The lowest BCUT2D eigenvalue weighted by atomic mass is 9.99. The van der Waals surface area contributed by atoms with E-state index in [0.717, 1.165) is 114 Å². The molecule has 0 fully saturated rings. The first-order chi connectivity index (χ1) is 41.7. The van der Waals surface area contributed by atoms with E-state index in [1.165, 1.54) is 135 Å². The number of hydrogen-bond donors (Lipinski definition) is 3. The third kappa shape index (κ3) is 60.1. The van der Waals surface area contributed by atoms with Crippen LogP contribution in [0.2, 0.25) is 0 Å². The minimum Gasteiger partial charge on any atom is -0.462 e. The summed E-state index contributed by atoms with van der Waals surface area (Å²) in [5.41, 5.74) is 0. The maximum absolute atomic E-state index is 13.0. The molecule has 0 radical (unpaired) electrons. The van der Waals surface area contributed by atoms with E-state index in [9.17, 15) is 43.2 Å². The van der Waals surface area contributed by atoms with Gasteiger partial charge in [-0.2, -0.15) is 0 Å². The standard InChI is InChI=1S/C68H132O17P2/c1-9-60(7)46-38-30-22-17-19-24-33-41-49-66(71)79-55-64(85-68(73)51-43-35-27-26-31-39-47-61(8)10-2)57-83-87(76,77)81-53-62(69)52-80-86(74,75)82-56-63(54-78-65(70)48-40-32-23-18-16-21-29-37-45-59(5)6)84-67(72)50-42-34-25-15-13-11-12-14-20-28-36-44-58(3)4/h58-64,69H,9-57H2,1-8H3,(H,74,75)(H,76,77)/t60?,61?,62?,63-,64-/m1/s1. The van der Waals surface area contributed by atoms with Crippen molar-refractivity contribution < 1.29 is 80.2 Å². The van der Waals surface area contributed by atoms with Crippen molar-refractivity contribution in [3.05, 3.63) is 0 Å². The molecule has 7 atom stereocenters. The molecule has 0 saturated carbocycles. The van der Waals surface area contributed by atoms with Gasteiger partial charge < -0.3 is 33.8 Å². The summed E-state index contributed by atoms with van der Waals surface area (Å²) in [6, 6.07) is 0. The number of esters is 4. The van der Waals surface area contributed by atoms with E-state index >= 15 is 0 Å². The van der Waals surface area contributed by atoms with Crippen molar-refractivity contribution in [3.8, 4) is 0 Å². The summed E-state index contributed by atoms with van der Waals surface area (Å²) in [6.45, 7) is 14.0. The van der Waals surface area contributed by atoms with Gasteiger partial charge in [0.2, 0.25) is 0 Å². The summed E-state index contributed by atoms with van der Waals surface area (Å²) in [6.07, 6.45) is 38.9. The fraction of sp³-hybridized carbons (Fsp3) is 0.941. The highest BCUT2D eigenvalue weighted by Crippen LogP contribution is 2.45. The fourth-order valence-electron chi connectivity index (χ4n) is 10.1. The molecule has 0 aromatic carbocycles. The Labute approximate surface area is 530 Å². The van der Waals surface area contributed by atoms with E-state index in [0.29, 0.717) is 25.7 Å². The van der Waals surface area contributed by atoms with Crippen molar-refractivity contribution in [1.82, 2.24) is 0 Å². The Morgan fingerprint density at radius 2 is 0.552 bits per heavy atom. The van der Waals surface area contributed by atoms with Gasteiger partial charge in [0, 0.05) is 25.7 Å². The molecule has 0 heterocycles. The van der Waals surface area contributed by atoms with Crippen LogP contribution in [0.25, 0.3) is 0 Å². The largest absolute Gasteiger partial charge is 0.472 e. The van der Waals surface area contributed by atoms with Gasteiger partial charge in [0.1, 0.15) is 19.3 Å². The van der Waals surface area contributed by atoms with Crippen molar-refractivity contribution in [1.29, 1.82) is 0 Å². The number of ether oxygens (including phenoxy) is 4. The lowest BCUT2D eigenvalue weighted by Gasteiger charge is -2.21. The molecule has 516 valence electrons. The van der Waals surface area contributed by atoms with Crippen molar-refractivity contribution in [2.75, 3.05) is 39.6 Å². The number of phosphoric acid groups is 2. The van der Waals surface area contributed by atoms with Crippen molar-refractivity contribution >= 4 is 39.5 Å². The summed E-state index contributed by atoms with van der Waals surface area (Å²) >= 11 is 0. The molecule has 19 heteroatoms. The number of carbonyl (C=O) groups excluding carboxylic acids is 4. The van der Waals surface area contributed by atoms with Gasteiger partial charge in [-0.05, 0) is 49.4 Å². The van der Waals surface area contributed by atoms with Crippen LogP contribution in [-0.2, 0) is 65.4 Å². The summed E-state index contributed by atoms with van der Waals surface area (Å²) in [4.78, 5) is 72.4. The number of carbonyl (C=O) groups is 4. The fourth-order valence-corrected chi connectivity index (χ4v) is 11.7. The molecule has 0 aromatic rings. The van der Waals surface area contributed by atoms with Gasteiger partial charge in [-0.15, -0.1) is 0 Å². The zero-order valence-corrected chi connectivity index (χ0v) is 58.4. The lowest BCUT2D eigenvalue weighted by molar-refractivity contribution is -0.161. The minimum absolute atomic E-state index is 0.102. The normalized spacial score (nSPS) is 15.0. The molecule has 3 N–H and O–H groups in total. The van der Waals surface area contributed by atoms with Crippen molar-refractivity contribution in [3.63, 3.8) is 0 Å². The summed E-state index contributed by atoms with van der Waals surface area (Å²) in [7, 11) is -9.90. The monoisotopic (exact) mass is 1280 g/mol. The second-order valence-electron chi connectivity index (χ2n) is 26.0. The Morgan fingerprint density at radius 3 is 0.816 bits per heavy atom. The zero-order valence-electron chi connectivity index (χ0n) is 56.6. The SMILES string of the molecule is CCC(C)CCCCCCCCCCC(=O)OC[C@H](COP(=O)(O)OCC(O)COP(=O)(O)OC[C@@H](COC(=O)CCCCCCCCCCC(C)C)OC(=O)CCCCCCCCCCCCCC(C)C)OC(=O)CCCCCCCCC(C)CC. The summed E-state index contributed by atoms with van der Waals surface area (Å²) in [5, 5.41) is 10.6. The first kappa shape index (κ1) is 85.1. The molecule has 17 nitrogen and oxygen atoms in total. The van der Waals surface area contributed by atoms with Crippen LogP contribution < -0.4 is 0 Å². The zero-order chi connectivity index (χ0) is 64.7. The maximum Gasteiger partial charge on any atom is 0.472 e. The molecule has 87 heavy (non-hydrogen) atoms. The predicted molar refractivity (Wildman–Crippen MR) is 349 cm³/mol. The van der Waals surface area contributed by atoms with E-state index in [2.05, 4.69) is 55.4 Å². The maximum atomic E-state index is 13.0. The minimum atomic E-state index is -4.95. The third-order valence-electron chi connectivity index (χ3n) is 16.3. The van der Waals surface area contributed by atoms with Crippen LogP contribution in [0.3, 0.4) is 0 Å². The van der Waals surface area contributed by atoms with Gasteiger partial charge in [0.25, 0.3) is 0 Å². The van der Waals surface area contributed by atoms with Crippen LogP contribution in [0, 0.1) is 23.7 Å². The third-order valence-corrected chi connectivity index (χ3v) is 18.2. The number of aliphatic hydroxyl groups excluding tert-OH is 1. The Hall–Kier alpha value is -1.94. The second kappa shape index (κ2) is 57.9. The Bertz CT molecular complexity index is 1730. The van der Waals surface area contributed by atoms with Crippen molar-refractivity contribution in [2.24, 2.45) is 23.7 Å². The van der Waals surface area contributed by atoms with Crippen molar-refractivity contribution in [2.45, 2.75) is 350 Å². The van der Waals surface area contributed by atoms with E-state index in [-0.39, 0.29) is 25.7 Å². The molecule has 5 unspecified atom stereocenters. The Balaban J connectivity index is 5.26. The second-order valence-corrected chi connectivity index (χ2v) is 28.9. The predicted octanol–water partition coefficient (Wildman–Crippen LogP) is 18.9. The van der Waals surface area contributed by atoms with Gasteiger partial charge in [0.05, 0.1) is 26.4 Å². The molecular weight excluding hydrogens is 1150 g/mol. The first-order valence-electron chi connectivity index (χ1n) is 35.3. The van der Waals surface area contributed by atoms with E-state index < -0.39 is 97.5 Å². The van der Waals surface area contributed by atoms with Crippen LogP contribution in [0.1, 0.15) is 331 Å². The van der Waals surface area contributed by atoms with Crippen LogP contribution in [0.5, 0.6) is 0 Å². The van der Waals surface area contributed by atoms with Crippen LogP contribution >= 0.6 is 15.6 Å². The van der Waals surface area contributed by atoms with Gasteiger partial charge >= 0.3 is 39.5 Å². The number of unbranched alkanes of at least 4 members (excludes halogenated alkanes) is 29. The van der Waals surface area contributed by atoms with Gasteiger partial charge in [0.15, 0.2) is 12.2 Å². The van der Waals surface area contributed by atoms with Crippen LogP contribution in [0.15, 0.2) is 0 Å². The van der Waals surface area contributed by atoms with E-state index in [1.807, 2.05) is 0 Å². The highest BCUT2D eigenvalue weighted by molar-refractivity contribution is 7.47. The van der Waals surface area contributed by atoms with E-state index in [4.69, 9.17) is 37.0 Å². The smallest absolute Gasteiger partial charge is 0.462 e. The lowest BCUT2D eigenvalue weighted by Crippen LogP contribution is -2.30. The molecule has 0 aromatic heterocycles. The highest BCUT2D eigenvalue weighted by Gasteiger charge is 2.30. The molecule has 0 aliphatic rings. The van der Waals surface area contributed by atoms with E-state index in [1.54, 1.807) is 0 Å². The van der Waals surface area contributed by atoms with Crippen LogP contribution in [-0.4, -0.2) is 96.7 Å². The van der Waals surface area contributed by atoms with Gasteiger partial charge in [-0.25, -0.2) is 9.13 Å². The molecular formula is C68H132O17P2. The average Bonchev–Trinajstić information content (AvgIpc) is 3.53. The molecule has 0 bridgehead atoms. The summed E-state index contributed by atoms with van der Waals surface area (Å²) in [5.74, 6) is 0.854. The molecule has 0 rings (SSSR count). The quantitative estimate of drug-likeness (QED) is 0.0222. The number of phosphoric ester groups is 2. The molecule has 0 saturated heterocycles.